The third-order valence-corrected chi connectivity index (χ3v) is 6.28. The second kappa shape index (κ2) is 15.6. The lowest BCUT2D eigenvalue weighted by Crippen LogP contribution is -2.13. The van der Waals surface area contributed by atoms with Crippen molar-refractivity contribution in [3.63, 3.8) is 0 Å². The molecule has 12 heteroatoms. The summed E-state index contributed by atoms with van der Waals surface area (Å²) in [4.78, 5) is 23.9. The predicted molar refractivity (Wildman–Crippen MR) is 129 cm³/mol. The molecular weight excluding hydrogens is 552 g/mol. The summed E-state index contributed by atoms with van der Waals surface area (Å²) in [7, 11) is 0. The maximum atomic E-state index is 14.2. The Hall–Kier alpha value is -3.18. The lowest BCUT2D eigenvalue weighted by Gasteiger charge is -2.12. The summed E-state index contributed by atoms with van der Waals surface area (Å²) < 4.78 is 119. The smallest absolute Gasteiger partial charge is 0.311 e. The van der Waals surface area contributed by atoms with E-state index in [9.17, 15) is 44.7 Å². The monoisotopic (exact) mass is 582 g/mol. The fraction of sp³-hybridized carbons (Fsp3) is 0.500. The molecule has 0 atom stereocenters. The van der Waals surface area contributed by atoms with E-state index in [-0.39, 0.29) is 25.7 Å². The molecule has 0 spiro atoms. The fourth-order valence-corrected chi connectivity index (χ4v) is 4.07. The van der Waals surface area contributed by atoms with E-state index in [1.54, 1.807) is 0 Å². The minimum absolute atomic E-state index is 0.135. The summed E-state index contributed by atoms with van der Waals surface area (Å²) in [6, 6.07) is 0. The molecule has 0 aliphatic heterocycles. The first kappa shape index (κ1) is 33.0. The van der Waals surface area contributed by atoms with Crippen LogP contribution in [0, 0.1) is 46.5 Å². The zero-order chi connectivity index (χ0) is 30.0. The van der Waals surface area contributed by atoms with E-state index in [0.717, 1.165) is 25.7 Å². The van der Waals surface area contributed by atoms with Crippen LogP contribution in [0.3, 0.4) is 0 Å². The highest BCUT2D eigenvalue weighted by molar-refractivity contribution is 5.73. The molecule has 0 radical (unpaired) electrons. The Morgan fingerprint density at radius 2 is 0.800 bits per heavy atom. The SMILES string of the molecule is CCc1c(F)c(F)c(F)c(OC(=O)CCCCCCCCCCC(=O)Oc2c(F)c(F)c(F)c(F)c2CC)c1F. The van der Waals surface area contributed by atoms with E-state index >= 15 is 0 Å². The average Bonchev–Trinajstić information content (AvgIpc) is 2.93. The first-order valence-electron chi connectivity index (χ1n) is 13.1. The normalized spacial score (nSPS) is 11.2. The molecule has 40 heavy (non-hydrogen) atoms. The maximum absolute atomic E-state index is 14.2. The molecule has 0 saturated carbocycles. The van der Waals surface area contributed by atoms with E-state index in [1.165, 1.54) is 13.8 Å². The van der Waals surface area contributed by atoms with E-state index in [0.29, 0.717) is 25.7 Å². The number of halogens is 8. The number of unbranched alkanes of at least 4 members (excludes halogenated alkanes) is 7. The number of ether oxygens (including phenoxy) is 2. The Morgan fingerprint density at radius 1 is 0.450 bits per heavy atom. The number of esters is 2. The summed E-state index contributed by atoms with van der Waals surface area (Å²) in [6.45, 7) is 2.71. The minimum atomic E-state index is -2.05. The highest BCUT2D eigenvalue weighted by Crippen LogP contribution is 2.32. The van der Waals surface area contributed by atoms with E-state index in [1.807, 2.05) is 0 Å². The topological polar surface area (TPSA) is 52.6 Å². The van der Waals surface area contributed by atoms with Gasteiger partial charge in [0.05, 0.1) is 0 Å². The molecule has 2 rings (SSSR count). The van der Waals surface area contributed by atoms with Gasteiger partial charge in [0.25, 0.3) is 0 Å². The van der Waals surface area contributed by atoms with Crippen molar-refractivity contribution in [2.24, 2.45) is 0 Å². The third kappa shape index (κ3) is 8.17. The van der Waals surface area contributed by atoms with E-state index < -0.39 is 81.1 Å². The van der Waals surface area contributed by atoms with E-state index in [4.69, 9.17) is 4.74 Å². The van der Waals surface area contributed by atoms with Crippen LogP contribution >= 0.6 is 0 Å². The van der Waals surface area contributed by atoms with Crippen LogP contribution < -0.4 is 9.47 Å². The van der Waals surface area contributed by atoms with Gasteiger partial charge in [-0.05, 0) is 25.7 Å². The Labute approximate surface area is 226 Å². The van der Waals surface area contributed by atoms with Crippen LogP contribution in [0.1, 0.15) is 89.2 Å². The van der Waals surface area contributed by atoms with Crippen LogP contribution in [0.15, 0.2) is 0 Å². The molecule has 0 aromatic heterocycles. The molecule has 0 aliphatic rings. The van der Waals surface area contributed by atoms with Gasteiger partial charge in [0.15, 0.2) is 34.8 Å². The highest BCUT2D eigenvalue weighted by atomic mass is 19.2. The van der Waals surface area contributed by atoms with Crippen molar-refractivity contribution in [3.05, 3.63) is 57.7 Å². The van der Waals surface area contributed by atoms with Gasteiger partial charge < -0.3 is 9.47 Å². The van der Waals surface area contributed by atoms with Crippen molar-refractivity contribution in [1.82, 2.24) is 0 Å². The summed E-state index contributed by atoms with van der Waals surface area (Å²) in [5.74, 6) is -18.4. The van der Waals surface area contributed by atoms with Crippen LogP contribution in [0.5, 0.6) is 11.5 Å². The zero-order valence-corrected chi connectivity index (χ0v) is 22.1. The lowest BCUT2D eigenvalue weighted by atomic mass is 10.1. The molecular formula is C28H30F8O4. The molecule has 222 valence electrons. The second-order valence-corrected chi connectivity index (χ2v) is 9.11. The Balaban J connectivity index is 1.63. The number of hydrogen-bond donors (Lipinski definition) is 0. The van der Waals surface area contributed by atoms with Crippen molar-refractivity contribution in [2.45, 2.75) is 90.9 Å². The van der Waals surface area contributed by atoms with Crippen molar-refractivity contribution < 1.29 is 54.2 Å². The summed E-state index contributed by atoms with van der Waals surface area (Å²) in [5.41, 5.74) is -1.27. The number of benzene rings is 2. The summed E-state index contributed by atoms with van der Waals surface area (Å²) in [5, 5.41) is 0. The Morgan fingerprint density at radius 3 is 1.27 bits per heavy atom. The second-order valence-electron chi connectivity index (χ2n) is 9.11. The molecule has 0 fully saturated rings. The molecule has 0 heterocycles. The van der Waals surface area contributed by atoms with Crippen LogP contribution in [0.4, 0.5) is 35.1 Å². The van der Waals surface area contributed by atoms with Gasteiger partial charge >= 0.3 is 11.9 Å². The molecule has 4 nitrogen and oxygen atoms in total. The van der Waals surface area contributed by atoms with Gasteiger partial charge in [-0.25, -0.2) is 26.3 Å². The van der Waals surface area contributed by atoms with Crippen molar-refractivity contribution >= 4 is 11.9 Å². The maximum Gasteiger partial charge on any atom is 0.311 e. The predicted octanol–water partition coefficient (Wildman–Crippen LogP) is 8.34. The van der Waals surface area contributed by atoms with Crippen LogP contribution in [0.2, 0.25) is 0 Å². The summed E-state index contributed by atoms with van der Waals surface area (Å²) >= 11 is 0. The van der Waals surface area contributed by atoms with Gasteiger partial charge in [-0.1, -0.05) is 52.4 Å². The molecule has 0 aliphatic carbocycles. The fourth-order valence-electron chi connectivity index (χ4n) is 4.07. The molecule has 0 N–H and O–H groups in total. The molecule has 2 aromatic carbocycles. The quantitative estimate of drug-likeness (QED) is 0.0529. The van der Waals surface area contributed by atoms with Gasteiger partial charge in [0, 0.05) is 24.0 Å². The summed E-state index contributed by atoms with van der Waals surface area (Å²) in [6.07, 6.45) is 4.17. The third-order valence-electron chi connectivity index (χ3n) is 6.28. The molecule has 0 saturated heterocycles. The number of carbonyl (C=O) groups excluding carboxylic acids is 2. The highest BCUT2D eigenvalue weighted by Gasteiger charge is 2.28. The first-order chi connectivity index (χ1) is 19.0. The zero-order valence-electron chi connectivity index (χ0n) is 22.1. The van der Waals surface area contributed by atoms with Crippen LogP contribution in [-0.2, 0) is 22.4 Å². The Kier molecular flexibility index (Phi) is 12.9. The largest absolute Gasteiger partial charge is 0.423 e. The van der Waals surface area contributed by atoms with E-state index in [2.05, 4.69) is 4.74 Å². The number of hydrogen-bond acceptors (Lipinski definition) is 4. The van der Waals surface area contributed by atoms with Crippen LogP contribution in [-0.4, -0.2) is 11.9 Å². The molecule has 0 unspecified atom stereocenters. The van der Waals surface area contributed by atoms with Crippen molar-refractivity contribution in [3.8, 4) is 11.5 Å². The standard InChI is InChI=1S/C28H30F8O4/c1-3-15-19(29)23(33)26(36)28(21(15)31)40-18(38)14-12-10-8-6-5-7-9-11-13-17(37)39-27-16(4-2)20(30)22(32)24(34)25(27)35/h3-14H2,1-2H3. The van der Waals surface area contributed by atoms with Crippen molar-refractivity contribution in [1.29, 1.82) is 0 Å². The van der Waals surface area contributed by atoms with Gasteiger partial charge in [-0.15, -0.1) is 0 Å². The minimum Gasteiger partial charge on any atom is -0.423 e. The average molecular weight is 583 g/mol. The number of rotatable bonds is 15. The van der Waals surface area contributed by atoms with Gasteiger partial charge in [0.2, 0.25) is 23.2 Å². The lowest BCUT2D eigenvalue weighted by molar-refractivity contribution is -0.135. The van der Waals surface area contributed by atoms with Gasteiger partial charge in [-0.3, -0.25) is 9.59 Å². The molecule has 2 aromatic rings. The van der Waals surface area contributed by atoms with Gasteiger partial charge in [0.1, 0.15) is 0 Å². The van der Waals surface area contributed by atoms with Crippen molar-refractivity contribution in [2.75, 3.05) is 0 Å². The van der Waals surface area contributed by atoms with Crippen LogP contribution in [0.25, 0.3) is 0 Å². The molecule has 0 bridgehead atoms. The Bertz CT molecular complexity index is 1220. The molecule has 0 amide bonds. The van der Waals surface area contributed by atoms with Gasteiger partial charge in [-0.2, -0.15) is 8.78 Å². The number of carbonyl (C=O) groups is 2. The first-order valence-corrected chi connectivity index (χ1v) is 13.1.